The van der Waals surface area contributed by atoms with E-state index < -0.39 is 5.41 Å². The number of nitrogen functional groups attached to an aromatic ring is 1. The van der Waals surface area contributed by atoms with E-state index in [-0.39, 0.29) is 11.8 Å². The van der Waals surface area contributed by atoms with Gasteiger partial charge in [0, 0.05) is 30.7 Å². The standard InChI is InChI=1S/C23H26N4O3/c1-26-20-5-3-17(12-15(20)13-21(26)28)30-11-10-27-8-6-23(7-9-27)18-14-16(24)2-4-19(18)25-22(23)29/h2-5,12,14H,6-11,13,24H2,1H3,(H,25,29). The number of amides is 2. The van der Waals surface area contributed by atoms with Gasteiger partial charge in [0.2, 0.25) is 11.8 Å². The van der Waals surface area contributed by atoms with Crippen LogP contribution in [0.5, 0.6) is 5.75 Å². The Bertz CT molecular complexity index is 1030. The van der Waals surface area contributed by atoms with Crippen molar-refractivity contribution in [2.75, 3.05) is 49.2 Å². The van der Waals surface area contributed by atoms with Gasteiger partial charge in [0.15, 0.2) is 0 Å². The summed E-state index contributed by atoms with van der Waals surface area (Å²) in [5, 5.41) is 3.03. The highest BCUT2D eigenvalue weighted by molar-refractivity contribution is 6.06. The number of likely N-dealkylation sites (N-methyl/N-ethyl adjacent to an activating group) is 1. The van der Waals surface area contributed by atoms with Crippen LogP contribution in [0.3, 0.4) is 0 Å². The topological polar surface area (TPSA) is 87.9 Å². The van der Waals surface area contributed by atoms with E-state index in [1.54, 1.807) is 11.9 Å². The van der Waals surface area contributed by atoms with Gasteiger partial charge >= 0.3 is 0 Å². The smallest absolute Gasteiger partial charge is 0.235 e. The van der Waals surface area contributed by atoms with E-state index in [0.29, 0.717) is 18.7 Å². The SMILES string of the molecule is CN1C(=O)Cc2cc(OCCN3CCC4(CC3)C(=O)Nc3ccc(N)cc34)ccc21. The molecule has 5 rings (SSSR count). The Labute approximate surface area is 175 Å². The Kier molecular flexibility index (Phi) is 4.43. The van der Waals surface area contributed by atoms with Crippen LogP contribution in [0.2, 0.25) is 0 Å². The number of likely N-dealkylation sites (tertiary alicyclic amines) is 1. The minimum Gasteiger partial charge on any atom is -0.492 e. The number of benzene rings is 2. The molecule has 0 atom stereocenters. The Morgan fingerprint density at radius 3 is 2.73 bits per heavy atom. The number of ether oxygens (including phenoxy) is 1. The van der Waals surface area contributed by atoms with Crippen molar-refractivity contribution in [1.29, 1.82) is 0 Å². The van der Waals surface area contributed by atoms with E-state index in [2.05, 4.69) is 10.2 Å². The van der Waals surface area contributed by atoms with Gasteiger partial charge in [-0.15, -0.1) is 0 Å². The van der Waals surface area contributed by atoms with Crippen LogP contribution in [0.15, 0.2) is 36.4 Å². The highest BCUT2D eigenvalue weighted by Crippen LogP contribution is 2.45. The van der Waals surface area contributed by atoms with E-state index in [0.717, 1.165) is 60.7 Å². The van der Waals surface area contributed by atoms with Crippen molar-refractivity contribution in [3.63, 3.8) is 0 Å². The summed E-state index contributed by atoms with van der Waals surface area (Å²) >= 11 is 0. The van der Waals surface area contributed by atoms with E-state index in [1.807, 2.05) is 36.4 Å². The van der Waals surface area contributed by atoms with Crippen molar-refractivity contribution in [3.05, 3.63) is 47.5 Å². The van der Waals surface area contributed by atoms with Gasteiger partial charge in [0.05, 0.1) is 11.8 Å². The van der Waals surface area contributed by atoms with E-state index in [9.17, 15) is 9.59 Å². The number of nitrogens with two attached hydrogens (primary N) is 1. The summed E-state index contributed by atoms with van der Waals surface area (Å²) in [6.07, 6.45) is 2.00. The Morgan fingerprint density at radius 1 is 1.13 bits per heavy atom. The van der Waals surface area contributed by atoms with Crippen LogP contribution in [-0.2, 0) is 21.4 Å². The molecule has 0 saturated carbocycles. The third-order valence-electron chi connectivity index (χ3n) is 6.76. The van der Waals surface area contributed by atoms with Crippen molar-refractivity contribution in [2.45, 2.75) is 24.7 Å². The molecule has 7 nitrogen and oxygen atoms in total. The summed E-state index contributed by atoms with van der Waals surface area (Å²) in [6.45, 7) is 3.06. The molecule has 0 aliphatic carbocycles. The van der Waals surface area contributed by atoms with E-state index in [1.165, 1.54) is 0 Å². The van der Waals surface area contributed by atoms with Crippen LogP contribution < -0.4 is 20.7 Å². The third-order valence-corrected chi connectivity index (χ3v) is 6.76. The number of carbonyl (C=O) groups is 2. The Morgan fingerprint density at radius 2 is 1.93 bits per heavy atom. The van der Waals surface area contributed by atoms with E-state index >= 15 is 0 Å². The van der Waals surface area contributed by atoms with Crippen LogP contribution in [0.25, 0.3) is 0 Å². The van der Waals surface area contributed by atoms with Gasteiger partial charge in [0.25, 0.3) is 0 Å². The zero-order chi connectivity index (χ0) is 20.9. The molecule has 2 aromatic carbocycles. The zero-order valence-electron chi connectivity index (χ0n) is 17.1. The molecule has 1 fully saturated rings. The number of nitrogens with one attached hydrogen (secondary N) is 1. The summed E-state index contributed by atoms with van der Waals surface area (Å²) < 4.78 is 5.95. The number of rotatable bonds is 4. The molecule has 0 bridgehead atoms. The molecule has 3 aliphatic heterocycles. The maximum absolute atomic E-state index is 12.7. The fourth-order valence-corrected chi connectivity index (χ4v) is 4.91. The molecule has 3 heterocycles. The number of nitrogens with zero attached hydrogens (tertiary/aromatic N) is 2. The zero-order valence-corrected chi connectivity index (χ0v) is 17.1. The average molecular weight is 406 g/mol. The molecule has 156 valence electrons. The van der Waals surface area contributed by atoms with Gasteiger partial charge in [-0.25, -0.2) is 0 Å². The van der Waals surface area contributed by atoms with Crippen molar-refractivity contribution in [1.82, 2.24) is 4.90 Å². The molecule has 0 unspecified atom stereocenters. The molecule has 2 amide bonds. The fourth-order valence-electron chi connectivity index (χ4n) is 4.91. The lowest BCUT2D eigenvalue weighted by Gasteiger charge is -2.38. The molecule has 30 heavy (non-hydrogen) atoms. The van der Waals surface area contributed by atoms with E-state index in [4.69, 9.17) is 10.5 Å². The summed E-state index contributed by atoms with van der Waals surface area (Å²) in [4.78, 5) is 28.6. The van der Waals surface area contributed by atoms with Crippen molar-refractivity contribution >= 4 is 28.9 Å². The highest BCUT2D eigenvalue weighted by Gasteiger charge is 2.48. The first kappa shape index (κ1) is 18.9. The monoisotopic (exact) mass is 406 g/mol. The molecule has 7 heteroatoms. The molecule has 0 radical (unpaired) electrons. The van der Waals surface area contributed by atoms with Gasteiger partial charge in [-0.3, -0.25) is 14.5 Å². The quantitative estimate of drug-likeness (QED) is 0.760. The number of fused-ring (bicyclic) bond motifs is 3. The van der Waals surface area contributed by atoms with Crippen LogP contribution in [0.4, 0.5) is 17.1 Å². The molecule has 1 spiro atoms. The lowest BCUT2D eigenvalue weighted by molar-refractivity contribution is -0.122. The van der Waals surface area contributed by atoms with Crippen molar-refractivity contribution in [2.24, 2.45) is 0 Å². The molecule has 3 aliphatic rings. The highest BCUT2D eigenvalue weighted by atomic mass is 16.5. The van der Waals surface area contributed by atoms with Crippen LogP contribution >= 0.6 is 0 Å². The second-order valence-electron chi connectivity index (χ2n) is 8.45. The summed E-state index contributed by atoms with van der Waals surface area (Å²) in [5.74, 6) is 1.00. The predicted octanol–water partition coefficient (Wildman–Crippen LogP) is 2.15. The first-order valence-electron chi connectivity index (χ1n) is 10.4. The number of hydrogen-bond acceptors (Lipinski definition) is 5. The average Bonchev–Trinajstić information content (AvgIpc) is 3.17. The number of hydrogen-bond donors (Lipinski definition) is 2. The minimum absolute atomic E-state index is 0.0941. The minimum atomic E-state index is -0.458. The van der Waals surface area contributed by atoms with Gasteiger partial charge in [0.1, 0.15) is 12.4 Å². The van der Waals surface area contributed by atoms with Crippen LogP contribution in [-0.4, -0.2) is 50.0 Å². The number of anilines is 3. The maximum atomic E-state index is 12.7. The van der Waals surface area contributed by atoms with Crippen molar-refractivity contribution < 1.29 is 14.3 Å². The first-order chi connectivity index (χ1) is 14.5. The second-order valence-corrected chi connectivity index (χ2v) is 8.45. The summed E-state index contributed by atoms with van der Waals surface area (Å²) in [7, 11) is 1.80. The first-order valence-corrected chi connectivity index (χ1v) is 10.4. The summed E-state index contributed by atoms with van der Waals surface area (Å²) in [6, 6.07) is 11.5. The summed E-state index contributed by atoms with van der Waals surface area (Å²) in [5.41, 5.74) is 10.1. The normalized spacial score (nSPS) is 19.7. The molecule has 3 N–H and O–H groups in total. The molecule has 2 aromatic rings. The Hall–Kier alpha value is -3.06. The van der Waals surface area contributed by atoms with Gasteiger partial charge in [-0.05, 0) is 73.5 Å². The molecule has 1 saturated heterocycles. The molecular weight excluding hydrogens is 380 g/mol. The lowest BCUT2D eigenvalue weighted by atomic mass is 9.73. The van der Waals surface area contributed by atoms with Crippen LogP contribution in [0.1, 0.15) is 24.0 Å². The maximum Gasteiger partial charge on any atom is 0.235 e. The van der Waals surface area contributed by atoms with Gasteiger partial charge < -0.3 is 20.7 Å². The number of piperidine rings is 1. The lowest BCUT2D eigenvalue weighted by Crippen LogP contribution is -2.47. The second kappa shape index (κ2) is 7.02. The molecule has 0 aromatic heterocycles. The molecular formula is C23H26N4O3. The largest absolute Gasteiger partial charge is 0.492 e. The van der Waals surface area contributed by atoms with Crippen molar-refractivity contribution in [3.8, 4) is 5.75 Å². The van der Waals surface area contributed by atoms with Crippen LogP contribution in [0, 0.1) is 0 Å². The van der Waals surface area contributed by atoms with Gasteiger partial charge in [-0.1, -0.05) is 0 Å². The fraction of sp³-hybridized carbons (Fsp3) is 0.391. The van der Waals surface area contributed by atoms with Gasteiger partial charge in [-0.2, -0.15) is 0 Å². The Balaban J connectivity index is 1.17. The third kappa shape index (κ3) is 3.01. The predicted molar refractivity (Wildman–Crippen MR) is 116 cm³/mol. The number of carbonyl (C=O) groups excluding carboxylic acids is 2.